The summed E-state index contributed by atoms with van der Waals surface area (Å²) in [5, 5.41) is 0. The number of rotatable bonds is 6. The van der Waals surface area contributed by atoms with E-state index in [2.05, 4.69) is 4.74 Å². The van der Waals surface area contributed by atoms with Crippen LogP contribution >= 0.6 is 0 Å². The van der Waals surface area contributed by atoms with Crippen molar-refractivity contribution in [1.29, 1.82) is 0 Å². The summed E-state index contributed by atoms with van der Waals surface area (Å²) in [6.07, 6.45) is 0.739. The van der Waals surface area contributed by atoms with Crippen molar-refractivity contribution in [2.75, 3.05) is 13.2 Å². The summed E-state index contributed by atoms with van der Waals surface area (Å²) >= 11 is -0.966. The molecule has 5 nitrogen and oxygen atoms in total. The molecule has 1 aromatic rings. The van der Waals surface area contributed by atoms with E-state index in [1.807, 2.05) is 32.9 Å². The van der Waals surface area contributed by atoms with Crippen LogP contribution in [0.2, 0.25) is 0 Å². The number of benzene rings is 1. The van der Waals surface area contributed by atoms with E-state index < -0.39 is 35.7 Å². The Morgan fingerprint density at radius 1 is 1.05 bits per heavy atom. The predicted molar refractivity (Wildman–Crippen MR) is 80.9 cm³/mol. The van der Waals surface area contributed by atoms with E-state index in [-0.39, 0.29) is 0 Å². The van der Waals surface area contributed by atoms with E-state index in [1.54, 1.807) is 12.1 Å². The van der Waals surface area contributed by atoms with Crippen LogP contribution in [-0.4, -0.2) is 48.9 Å². The third kappa shape index (κ3) is 9.66. The average molecular weight is 397 g/mol. The van der Waals surface area contributed by atoms with Crippen LogP contribution in [0.4, 0.5) is 0 Å². The number of ether oxygens (including phenoxy) is 1. The van der Waals surface area contributed by atoms with Crippen LogP contribution in [0.5, 0.6) is 0 Å². The molecule has 0 fully saturated rings. The van der Waals surface area contributed by atoms with E-state index in [4.69, 9.17) is 5.71 Å². The SMILES string of the molecule is CC[O][In][O]CC.CCc1ccccc1C(=O)OC(C)=O. The van der Waals surface area contributed by atoms with Gasteiger partial charge in [-0.3, -0.25) is 4.79 Å². The quantitative estimate of drug-likeness (QED) is 0.420. The van der Waals surface area contributed by atoms with Gasteiger partial charge in [-0.05, 0) is 18.1 Å². The van der Waals surface area contributed by atoms with Crippen LogP contribution in [0, 0.1) is 0 Å². The van der Waals surface area contributed by atoms with Gasteiger partial charge in [0.15, 0.2) is 0 Å². The number of aryl methyl sites for hydroxylation is 1. The van der Waals surface area contributed by atoms with Gasteiger partial charge in [-0.1, -0.05) is 25.1 Å². The van der Waals surface area contributed by atoms with Gasteiger partial charge in [-0.2, -0.15) is 0 Å². The summed E-state index contributed by atoms with van der Waals surface area (Å²) in [6.45, 7) is 8.78. The Bertz CT molecular complexity index is 430. The summed E-state index contributed by atoms with van der Waals surface area (Å²) in [5.41, 5.74) is 1.35. The second-order valence-corrected chi connectivity index (χ2v) is 6.35. The summed E-state index contributed by atoms with van der Waals surface area (Å²) in [7, 11) is 0. The van der Waals surface area contributed by atoms with E-state index in [0.29, 0.717) is 5.56 Å². The third-order valence-electron chi connectivity index (χ3n) is 2.32. The molecule has 21 heavy (non-hydrogen) atoms. The molecule has 0 atom stereocenters. The van der Waals surface area contributed by atoms with Crippen molar-refractivity contribution in [2.24, 2.45) is 0 Å². The first-order valence-electron chi connectivity index (χ1n) is 6.92. The number of esters is 2. The van der Waals surface area contributed by atoms with Gasteiger partial charge in [-0.15, -0.1) is 0 Å². The van der Waals surface area contributed by atoms with Gasteiger partial charge in [0.05, 0.1) is 5.56 Å². The van der Waals surface area contributed by atoms with E-state index in [1.165, 1.54) is 6.92 Å². The molecule has 1 rings (SSSR count). The van der Waals surface area contributed by atoms with Crippen LogP contribution in [0.25, 0.3) is 0 Å². The van der Waals surface area contributed by atoms with E-state index in [0.717, 1.165) is 25.2 Å². The van der Waals surface area contributed by atoms with Crippen molar-refractivity contribution < 1.29 is 20.0 Å². The third-order valence-corrected chi connectivity index (χ3v) is 5.00. The van der Waals surface area contributed by atoms with Crippen molar-refractivity contribution in [1.82, 2.24) is 0 Å². The molecule has 1 radical (unpaired) electrons. The molecule has 0 spiro atoms. The Kier molecular flexibility index (Phi) is 12.3. The Labute approximate surface area is 138 Å². The molecule has 1 aromatic carbocycles. The average Bonchev–Trinajstić information content (AvgIpc) is 2.47. The molecule has 0 amide bonds. The van der Waals surface area contributed by atoms with Crippen LogP contribution in [0.1, 0.15) is 43.6 Å². The molecule has 0 saturated heterocycles. The molecule has 0 saturated carbocycles. The summed E-state index contributed by atoms with van der Waals surface area (Å²) < 4.78 is 14.6. The van der Waals surface area contributed by atoms with Crippen LogP contribution in [0.3, 0.4) is 0 Å². The maximum atomic E-state index is 11.4. The molecule has 0 heterocycles. The minimum absolute atomic E-state index is 0.463. The number of hydrogen-bond donors (Lipinski definition) is 0. The summed E-state index contributed by atoms with van der Waals surface area (Å²) in [6, 6.07) is 7.10. The first-order chi connectivity index (χ1) is 10.1. The molecule has 115 valence electrons. The van der Waals surface area contributed by atoms with Crippen LogP contribution in [-0.2, 0) is 21.7 Å². The molecule has 0 aliphatic carbocycles. The van der Waals surface area contributed by atoms with Gasteiger partial charge >= 0.3 is 68.5 Å². The largest absolute Gasteiger partial charge is 0.390 e. The summed E-state index contributed by atoms with van der Waals surface area (Å²) in [4.78, 5) is 22.0. The zero-order chi connectivity index (χ0) is 16.1. The summed E-state index contributed by atoms with van der Waals surface area (Å²) in [5.74, 6) is -1.16. The van der Waals surface area contributed by atoms with Gasteiger partial charge in [0, 0.05) is 6.92 Å². The fourth-order valence-electron chi connectivity index (χ4n) is 1.40. The number of hydrogen-bond acceptors (Lipinski definition) is 5. The second-order valence-electron chi connectivity index (χ2n) is 3.90. The Morgan fingerprint density at radius 3 is 2.10 bits per heavy atom. The maximum Gasteiger partial charge on any atom is 0.346 e. The molecule has 0 bridgehead atoms. The van der Waals surface area contributed by atoms with Crippen molar-refractivity contribution in [3.8, 4) is 0 Å². The van der Waals surface area contributed by atoms with Crippen molar-refractivity contribution in [2.45, 2.75) is 34.1 Å². The Hall–Kier alpha value is -0.850. The zero-order valence-corrected chi connectivity index (χ0v) is 16.3. The zero-order valence-electron chi connectivity index (χ0n) is 13.0. The van der Waals surface area contributed by atoms with Gasteiger partial charge in [0.1, 0.15) is 0 Å². The van der Waals surface area contributed by atoms with Gasteiger partial charge in [0.2, 0.25) is 0 Å². The van der Waals surface area contributed by atoms with Crippen LogP contribution in [0.15, 0.2) is 24.3 Å². The van der Waals surface area contributed by atoms with Gasteiger partial charge in [-0.25, -0.2) is 4.79 Å². The van der Waals surface area contributed by atoms with Crippen molar-refractivity contribution in [3.05, 3.63) is 35.4 Å². The van der Waals surface area contributed by atoms with E-state index in [9.17, 15) is 9.59 Å². The normalized spacial score (nSPS) is 9.33. The molecule has 0 N–H and O–H groups in total. The second kappa shape index (κ2) is 12.9. The number of carbonyl (C=O) groups excluding carboxylic acids is 2. The first-order valence-corrected chi connectivity index (χ1v) is 9.61. The molecule has 0 aliphatic rings. The fraction of sp³-hybridized carbons (Fsp3) is 0.467. The molecular formula is C15H22InO5. The number of carbonyl (C=O) groups is 2. The standard InChI is InChI=1S/C11H12O3.2C2H5O.In/c1-3-9-6-4-5-7-10(9)11(13)14-8(2)12;2*1-2-3;/h4-7H,3H2,1-2H3;2*2H2,1H3;/q;2*-1;+2. The monoisotopic (exact) mass is 397 g/mol. The first kappa shape index (κ1) is 20.2. The maximum absolute atomic E-state index is 11.4. The molecule has 0 aromatic heterocycles. The molecule has 6 heteroatoms. The van der Waals surface area contributed by atoms with Crippen LogP contribution < -0.4 is 0 Å². The minimum atomic E-state index is -0.966. The van der Waals surface area contributed by atoms with Gasteiger partial charge < -0.3 is 4.74 Å². The Morgan fingerprint density at radius 2 is 1.62 bits per heavy atom. The topological polar surface area (TPSA) is 61.8 Å². The van der Waals surface area contributed by atoms with Crippen molar-refractivity contribution in [3.63, 3.8) is 0 Å². The minimum Gasteiger partial charge on any atom is -0.390 e. The molecular weight excluding hydrogens is 375 g/mol. The Balaban J connectivity index is 0.000000486. The molecule has 0 unspecified atom stereocenters. The smallest absolute Gasteiger partial charge is 0.346 e. The predicted octanol–water partition coefficient (Wildman–Crippen LogP) is 2.55. The van der Waals surface area contributed by atoms with Gasteiger partial charge in [0.25, 0.3) is 0 Å². The molecule has 0 aliphatic heterocycles. The van der Waals surface area contributed by atoms with E-state index >= 15 is 0 Å². The fourth-order valence-corrected chi connectivity index (χ4v) is 2.45. The van der Waals surface area contributed by atoms with Crippen molar-refractivity contribution >= 4 is 35.7 Å².